The Kier molecular flexibility index (Phi) is 9.32. The van der Waals surface area contributed by atoms with E-state index in [1.165, 1.54) is 18.4 Å². The fourth-order valence-corrected chi connectivity index (χ4v) is 3.71. The monoisotopic (exact) mass is 530 g/mol. The molecule has 0 aromatic heterocycles. The lowest BCUT2D eigenvalue weighted by molar-refractivity contribution is 0.251. The van der Waals surface area contributed by atoms with Crippen molar-refractivity contribution in [2.24, 2.45) is 10.7 Å². The van der Waals surface area contributed by atoms with Gasteiger partial charge < -0.3 is 20.5 Å². The summed E-state index contributed by atoms with van der Waals surface area (Å²) in [5, 5.41) is 3.62. The van der Waals surface area contributed by atoms with E-state index in [9.17, 15) is 0 Å². The van der Waals surface area contributed by atoms with Gasteiger partial charge in [-0.3, -0.25) is 9.89 Å². The Balaban J connectivity index is 0.00000300. The van der Waals surface area contributed by atoms with E-state index < -0.39 is 0 Å². The topological polar surface area (TPSA) is 72.1 Å². The average molecular weight is 531 g/mol. The number of rotatable bonds is 7. The van der Waals surface area contributed by atoms with Crippen molar-refractivity contribution in [3.63, 3.8) is 0 Å². The van der Waals surface area contributed by atoms with Gasteiger partial charge in [0.25, 0.3) is 0 Å². The number of aliphatic imine (C=N–C) groups is 1. The van der Waals surface area contributed by atoms with Crippen molar-refractivity contribution in [3.05, 3.63) is 53.1 Å². The normalized spacial score (nSPS) is 15.5. The van der Waals surface area contributed by atoms with Crippen molar-refractivity contribution in [1.82, 2.24) is 4.90 Å². The fraction of sp³-hybridized carbons (Fsp3) is 0.381. The van der Waals surface area contributed by atoms with Crippen molar-refractivity contribution in [3.8, 4) is 11.5 Å². The molecule has 2 aromatic rings. The zero-order chi connectivity index (χ0) is 19.9. The van der Waals surface area contributed by atoms with Crippen LogP contribution < -0.4 is 20.5 Å². The van der Waals surface area contributed by atoms with Crippen LogP contribution in [-0.4, -0.2) is 44.7 Å². The Labute approximate surface area is 194 Å². The van der Waals surface area contributed by atoms with Crippen molar-refractivity contribution in [1.29, 1.82) is 0 Å². The summed E-state index contributed by atoms with van der Waals surface area (Å²) in [5.41, 5.74) is 8.08. The molecule has 1 fully saturated rings. The number of benzene rings is 2. The van der Waals surface area contributed by atoms with Gasteiger partial charge in [-0.2, -0.15) is 0 Å². The number of nitrogens with one attached hydrogen (secondary N) is 1. The lowest BCUT2D eigenvalue weighted by Crippen LogP contribution is -2.30. The minimum Gasteiger partial charge on any atom is -0.497 e. The molecule has 158 valence electrons. The molecule has 0 amide bonds. The number of nitrogens with zero attached hydrogens (tertiary/aromatic N) is 2. The predicted octanol–water partition coefficient (Wildman–Crippen LogP) is 4.54. The number of anilines is 1. The van der Waals surface area contributed by atoms with E-state index in [-0.39, 0.29) is 30.0 Å². The maximum Gasteiger partial charge on any atom is 0.193 e. The molecule has 1 heterocycles. The standard InChI is InChI=1S/C21H27ClN4O2.HI/c1-27-17-7-5-6-15(12-17)19(26-10-3-4-11-26)14-24-21(23)25-16-8-9-20(28-2)18(22)13-16;/h5-9,12-13,19H,3-4,10-11,14H2,1-2H3,(H3,23,24,25);1H. The molecule has 3 N–H and O–H groups in total. The molecule has 2 aromatic carbocycles. The van der Waals surface area contributed by atoms with E-state index in [1.54, 1.807) is 26.4 Å². The summed E-state index contributed by atoms with van der Waals surface area (Å²) < 4.78 is 10.6. The maximum absolute atomic E-state index is 6.17. The molecule has 3 rings (SSSR count). The van der Waals surface area contributed by atoms with Gasteiger partial charge in [-0.1, -0.05) is 23.7 Å². The second-order valence-corrected chi connectivity index (χ2v) is 7.14. The average Bonchev–Trinajstić information content (AvgIpc) is 3.23. The number of guanidine groups is 1. The van der Waals surface area contributed by atoms with E-state index in [0.717, 1.165) is 24.5 Å². The molecule has 0 bridgehead atoms. The first kappa shape index (κ1) is 23.6. The summed E-state index contributed by atoms with van der Waals surface area (Å²) in [4.78, 5) is 7.05. The number of hydrogen-bond donors (Lipinski definition) is 2. The number of methoxy groups -OCH3 is 2. The molecular formula is C21H28ClIN4O2. The van der Waals surface area contributed by atoms with Gasteiger partial charge >= 0.3 is 0 Å². The third-order valence-corrected chi connectivity index (χ3v) is 5.21. The summed E-state index contributed by atoms with van der Waals surface area (Å²) in [7, 11) is 3.27. The number of ether oxygens (including phenoxy) is 2. The largest absolute Gasteiger partial charge is 0.497 e. The molecule has 0 aliphatic carbocycles. The van der Waals surface area contributed by atoms with Gasteiger partial charge in [0.2, 0.25) is 0 Å². The molecule has 1 aliphatic rings. The van der Waals surface area contributed by atoms with Crippen molar-refractivity contribution in [2.45, 2.75) is 18.9 Å². The molecule has 29 heavy (non-hydrogen) atoms. The van der Waals surface area contributed by atoms with E-state index in [1.807, 2.05) is 18.2 Å². The van der Waals surface area contributed by atoms with Crippen molar-refractivity contribution >= 4 is 47.2 Å². The molecule has 0 saturated carbocycles. The van der Waals surface area contributed by atoms with Crippen LogP contribution in [0.2, 0.25) is 5.02 Å². The maximum atomic E-state index is 6.17. The van der Waals surface area contributed by atoms with E-state index in [4.69, 9.17) is 26.8 Å². The fourth-order valence-electron chi connectivity index (χ4n) is 3.45. The Morgan fingerprint density at radius 3 is 2.59 bits per heavy atom. The van der Waals surface area contributed by atoms with Gasteiger partial charge in [-0.05, 0) is 61.8 Å². The van der Waals surface area contributed by atoms with Crippen LogP contribution in [-0.2, 0) is 0 Å². The Morgan fingerprint density at radius 1 is 1.17 bits per heavy atom. The van der Waals surface area contributed by atoms with E-state index in [2.05, 4.69) is 27.3 Å². The highest BCUT2D eigenvalue weighted by Crippen LogP contribution is 2.29. The second kappa shape index (κ2) is 11.5. The Bertz CT molecular complexity index is 828. The van der Waals surface area contributed by atoms with Gasteiger partial charge in [0.05, 0.1) is 31.8 Å². The van der Waals surface area contributed by atoms with Gasteiger partial charge in [-0.25, -0.2) is 0 Å². The lowest BCUT2D eigenvalue weighted by atomic mass is 10.1. The summed E-state index contributed by atoms with van der Waals surface area (Å²) in [6.45, 7) is 2.70. The first-order chi connectivity index (χ1) is 13.6. The Hall–Kier alpha value is -1.71. The van der Waals surface area contributed by atoms with Crippen LogP contribution in [0.4, 0.5) is 5.69 Å². The molecule has 0 spiro atoms. The SMILES string of the molecule is COc1cccc(C(CN=C(N)Nc2ccc(OC)c(Cl)c2)N2CCCC2)c1.I. The quantitative estimate of drug-likeness (QED) is 0.312. The third-order valence-electron chi connectivity index (χ3n) is 4.92. The summed E-state index contributed by atoms with van der Waals surface area (Å²) in [5.74, 6) is 1.83. The van der Waals surface area contributed by atoms with Crippen molar-refractivity contribution < 1.29 is 9.47 Å². The molecule has 6 nitrogen and oxygen atoms in total. The molecule has 1 saturated heterocycles. The zero-order valence-corrected chi connectivity index (χ0v) is 19.8. The zero-order valence-electron chi connectivity index (χ0n) is 16.7. The van der Waals surface area contributed by atoms with Crippen LogP contribution in [0.5, 0.6) is 11.5 Å². The lowest BCUT2D eigenvalue weighted by Gasteiger charge is -2.27. The first-order valence-electron chi connectivity index (χ1n) is 9.39. The minimum atomic E-state index is 0. The van der Waals surface area contributed by atoms with Crippen LogP contribution in [0.15, 0.2) is 47.5 Å². The number of nitrogens with two attached hydrogens (primary N) is 1. The number of likely N-dealkylation sites (tertiary alicyclic amines) is 1. The minimum absolute atomic E-state index is 0. The Morgan fingerprint density at radius 2 is 1.93 bits per heavy atom. The van der Waals surface area contributed by atoms with Crippen LogP contribution in [0, 0.1) is 0 Å². The van der Waals surface area contributed by atoms with Crippen LogP contribution in [0.25, 0.3) is 0 Å². The summed E-state index contributed by atoms with van der Waals surface area (Å²) >= 11 is 6.17. The number of halogens is 2. The van der Waals surface area contributed by atoms with Gasteiger partial charge in [0.1, 0.15) is 11.5 Å². The molecular weight excluding hydrogens is 503 g/mol. The summed E-state index contributed by atoms with van der Waals surface area (Å²) in [6, 6.07) is 13.7. The molecule has 0 radical (unpaired) electrons. The van der Waals surface area contributed by atoms with Crippen LogP contribution >= 0.6 is 35.6 Å². The molecule has 1 aliphatic heterocycles. The van der Waals surface area contributed by atoms with E-state index in [0.29, 0.717) is 23.3 Å². The first-order valence-corrected chi connectivity index (χ1v) is 9.77. The number of hydrogen-bond acceptors (Lipinski definition) is 4. The van der Waals surface area contributed by atoms with Gasteiger partial charge in [0, 0.05) is 5.69 Å². The highest BCUT2D eigenvalue weighted by molar-refractivity contribution is 14.0. The third kappa shape index (κ3) is 6.38. The second-order valence-electron chi connectivity index (χ2n) is 6.74. The van der Waals surface area contributed by atoms with Crippen LogP contribution in [0.3, 0.4) is 0 Å². The molecule has 1 atom stereocenters. The van der Waals surface area contributed by atoms with Crippen molar-refractivity contribution in [2.75, 3.05) is 39.2 Å². The highest BCUT2D eigenvalue weighted by atomic mass is 127. The van der Waals surface area contributed by atoms with E-state index >= 15 is 0 Å². The highest BCUT2D eigenvalue weighted by Gasteiger charge is 2.23. The predicted molar refractivity (Wildman–Crippen MR) is 130 cm³/mol. The smallest absolute Gasteiger partial charge is 0.193 e. The molecule has 8 heteroatoms. The van der Waals surface area contributed by atoms with Crippen LogP contribution in [0.1, 0.15) is 24.4 Å². The van der Waals surface area contributed by atoms with Gasteiger partial charge in [0.15, 0.2) is 5.96 Å². The molecule has 1 unspecified atom stereocenters. The van der Waals surface area contributed by atoms with Gasteiger partial charge in [-0.15, -0.1) is 24.0 Å². The summed E-state index contributed by atoms with van der Waals surface area (Å²) in [6.07, 6.45) is 2.42.